The lowest BCUT2D eigenvalue weighted by molar-refractivity contribution is 0.127. The van der Waals surface area contributed by atoms with Crippen LogP contribution in [0.15, 0.2) is 54.6 Å². The van der Waals surface area contributed by atoms with Crippen molar-refractivity contribution < 1.29 is 0 Å². The van der Waals surface area contributed by atoms with E-state index in [0.29, 0.717) is 5.92 Å². The Morgan fingerprint density at radius 2 is 1.62 bits per heavy atom. The standard InChI is InChI=1S/C22H26ClN/c1-24-20-10-11-21(24)13-16(12-20)14-22(17-6-3-2-4-7-17)18-8-5-9-19(23)15-18/h2-9,15-16,20-22H,10-14H2,1H3/t16-,20+,21-,22?. The molecule has 0 N–H and O–H groups in total. The Balaban J connectivity index is 1.59. The topological polar surface area (TPSA) is 3.24 Å². The van der Waals surface area contributed by atoms with Gasteiger partial charge in [0.2, 0.25) is 0 Å². The molecule has 1 unspecified atom stereocenters. The van der Waals surface area contributed by atoms with Gasteiger partial charge in [-0.15, -0.1) is 0 Å². The van der Waals surface area contributed by atoms with Crippen LogP contribution in [0.3, 0.4) is 0 Å². The molecule has 0 radical (unpaired) electrons. The number of fused-ring (bicyclic) bond motifs is 2. The Morgan fingerprint density at radius 1 is 0.958 bits per heavy atom. The van der Waals surface area contributed by atoms with Gasteiger partial charge >= 0.3 is 0 Å². The van der Waals surface area contributed by atoms with Crippen molar-refractivity contribution in [2.24, 2.45) is 5.92 Å². The fourth-order valence-electron chi connectivity index (χ4n) is 4.92. The van der Waals surface area contributed by atoms with Gasteiger partial charge in [-0.05, 0) is 68.3 Å². The molecule has 2 heteroatoms. The molecule has 0 amide bonds. The van der Waals surface area contributed by atoms with Gasteiger partial charge in [0, 0.05) is 23.0 Å². The quantitative estimate of drug-likeness (QED) is 0.687. The summed E-state index contributed by atoms with van der Waals surface area (Å²) in [6.07, 6.45) is 6.74. The van der Waals surface area contributed by atoms with E-state index in [9.17, 15) is 0 Å². The van der Waals surface area contributed by atoms with Gasteiger partial charge in [-0.1, -0.05) is 54.1 Å². The second-order valence-corrected chi connectivity index (χ2v) is 8.08. The summed E-state index contributed by atoms with van der Waals surface area (Å²) in [6, 6.07) is 21.0. The highest BCUT2D eigenvalue weighted by atomic mass is 35.5. The Labute approximate surface area is 150 Å². The van der Waals surface area contributed by atoms with E-state index in [2.05, 4.69) is 60.5 Å². The van der Waals surface area contributed by atoms with E-state index in [4.69, 9.17) is 11.6 Å². The van der Waals surface area contributed by atoms with E-state index in [1.165, 1.54) is 43.2 Å². The highest BCUT2D eigenvalue weighted by Gasteiger charge is 2.39. The number of piperidine rings is 1. The summed E-state index contributed by atoms with van der Waals surface area (Å²) in [5.74, 6) is 1.28. The highest BCUT2D eigenvalue weighted by molar-refractivity contribution is 6.30. The van der Waals surface area contributed by atoms with Crippen molar-refractivity contribution in [3.63, 3.8) is 0 Å². The molecule has 2 bridgehead atoms. The normalized spacial score (nSPS) is 28.0. The highest BCUT2D eigenvalue weighted by Crippen LogP contribution is 2.42. The molecule has 2 aromatic carbocycles. The molecule has 2 aliphatic heterocycles. The number of halogens is 1. The number of hydrogen-bond acceptors (Lipinski definition) is 1. The minimum Gasteiger partial charge on any atom is -0.300 e. The van der Waals surface area contributed by atoms with Crippen LogP contribution in [0.1, 0.15) is 49.1 Å². The van der Waals surface area contributed by atoms with Crippen LogP contribution in [-0.2, 0) is 0 Å². The van der Waals surface area contributed by atoms with Crippen molar-refractivity contribution in [1.82, 2.24) is 4.90 Å². The van der Waals surface area contributed by atoms with Crippen LogP contribution in [0.5, 0.6) is 0 Å². The molecule has 0 aliphatic carbocycles. The number of rotatable bonds is 4. The summed E-state index contributed by atoms with van der Waals surface area (Å²) >= 11 is 6.29. The predicted molar refractivity (Wildman–Crippen MR) is 102 cm³/mol. The van der Waals surface area contributed by atoms with Crippen LogP contribution < -0.4 is 0 Å². The zero-order valence-electron chi connectivity index (χ0n) is 14.4. The van der Waals surface area contributed by atoms with Gasteiger partial charge in [0.05, 0.1) is 0 Å². The maximum absolute atomic E-state index is 6.29. The lowest BCUT2D eigenvalue weighted by atomic mass is 9.78. The Kier molecular flexibility index (Phi) is 4.65. The molecule has 2 heterocycles. The summed E-state index contributed by atoms with van der Waals surface area (Å²) in [7, 11) is 2.32. The SMILES string of the molecule is CN1[C@@H]2CC[C@H]1C[C@@H](CC(c1ccccc1)c1cccc(Cl)c1)C2. The summed E-state index contributed by atoms with van der Waals surface area (Å²) < 4.78 is 0. The van der Waals surface area contributed by atoms with Gasteiger partial charge in [0.25, 0.3) is 0 Å². The first kappa shape index (κ1) is 16.2. The molecule has 4 atom stereocenters. The molecule has 2 saturated heterocycles. The minimum atomic E-state index is 0.456. The maximum atomic E-state index is 6.29. The minimum absolute atomic E-state index is 0.456. The van der Waals surface area contributed by atoms with Gasteiger partial charge in [0.15, 0.2) is 0 Å². The largest absolute Gasteiger partial charge is 0.300 e. The summed E-state index contributed by atoms with van der Waals surface area (Å²) in [5, 5.41) is 0.844. The lowest BCUT2D eigenvalue weighted by Crippen LogP contribution is -2.40. The van der Waals surface area contributed by atoms with Crippen LogP contribution >= 0.6 is 11.6 Å². The van der Waals surface area contributed by atoms with Crippen LogP contribution in [0, 0.1) is 5.92 Å². The molecule has 2 aliphatic rings. The maximum Gasteiger partial charge on any atom is 0.0408 e. The Hall–Kier alpha value is -1.31. The molecule has 2 fully saturated rings. The molecular weight excluding hydrogens is 314 g/mol. The molecule has 2 aromatic rings. The van der Waals surface area contributed by atoms with Crippen molar-refractivity contribution in [2.75, 3.05) is 7.05 Å². The monoisotopic (exact) mass is 339 g/mol. The molecular formula is C22H26ClN. The first-order valence-corrected chi connectivity index (χ1v) is 9.61. The molecule has 1 nitrogen and oxygen atoms in total. The second-order valence-electron chi connectivity index (χ2n) is 7.64. The van der Waals surface area contributed by atoms with Crippen molar-refractivity contribution in [3.8, 4) is 0 Å². The number of benzene rings is 2. The van der Waals surface area contributed by atoms with Gasteiger partial charge in [0.1, 0.15) is 0 Å². The summed E-state index contributed by atoms with van der Waals surface area (Å²) in [6.45, 7) is 0. The lowest BCUT2D eigenvalue weighted by Gasteiger charge is -2.38. The van der Waals surface area contributed by atoms with Gasteiger partial charge < -0.3 is 4.90 Å². The molecule has 24 heavy (non-hydrogen) atoms. The van der Waals surface area contributed by atoms with E-state index in [-0.39, 0.29) is 0 Å². The van der Waals surface area contributed by atoms with Gasteiger partial charge in [-0.3, -0.25) is 0 Å². The van der Waals surface area contributed by atoms with E-state index < -0.39 is 0 Å². The molecule has 0 spiro atoms. The van der Waals surface area contributed by atoms with Crippen molar-refractivity contribution in [2.45, 2.75) is 50.1 Å². The Bertz CT molecular complexity index is 669. The second kappa shape index (κ2) is 6.90. The zero-order chi connectivity index (χ0) is 16.5. The third-order valence-corrected chi connectivity index (χ3v) is 6.45. The fourth-order valence-corrected chi connectivity index (χ4v) is 5.12. The van der Waals surface area contributed by atoms with Crippen molar-refractivity contribution >= 4 is 11.6 Å². The predicted octanol–water partition coefficient (Wildman–Crippen LogP) is 5.73. The average molecular weight is 340 g/mol. The van der Waals surface area contributed by atoms with E-state index >= 15 is 0 Å². The van der Waals surface area contributed by atoms with Crippen molar-refractivity contribution in [1.29, 1.82) is 0 Å². The van der Waals surface area contributed by atoms with Crippen molar-refractivity contribution in [3.05, 3.63) is 70.7 Å². The van der Waals surface area contributed by atoms with Gasteiger partial charge in [-0.2, -0.15) is 0 Å². The first-order valence-electron chi connectivity index (χ1n) is 9.23. The molecule has 0 saturated carbocycles. The number of hydrogen-bond donors (Lipinski definition) is 0. The average Bonchev–Trinajstić information content (AvgIpc) is 2.82. The van der Waals surface area contributed by atoms with Gasteiger partial charge in [-0.25, -0.2) is 0 Å². The first-order chi connectivity index (χ1) is 11.7. The Morgan fingerprint density at radius 3 is 2.29 bits per heavy atom. The van der Waals surface area contributed by atoms with Crippen LogP contribution in [-0.4, -0.2) is 24.0 Å². The third-order valence-electron chi connectivity index (χ3n) is 6.22. The summed E-state index contributed by atoms with van der Waals surface area (Å²) in [5.41, 5.74) is 2.78. The molecule has 4 rings (SSSR count). The van der Waals surface area contributed by atoms with E-state index in [0.717, 1.165) is 23.0 Å². The molecule has 0 aromatic heterocycles. The van der Waals surface area contributed by atoms with E-state index in [1.54, 1.807) is 0 Å². The third kappa shape index (κ3) is 3.25. The summed E-state index contributed by atoms with van der Waals surface area (Å²) in [4.78, 5) is 2.63. The smallest absolute Gasteiger partial charge is 0.0408 e. The molecule has 126 valence electrons. The van der Waals surface area contributed by atoms with Crippen LogP contribution in [0.2, 0.25) is 5.02 Å². The number of nitrogens with zero attached hydrogens (tertiary/aromatic N) is 1. The fraction of sp³-hybridized carbons (Fsp3) is 0.455. The van der Waals surface area contributed by atoms with Crippen LogP contribution in [0.4, 0.5) is 0 Å². The van der Waals surface area contributed by atoms with E-state index in [1.807, 2.05) is 6.07 Å². The zero-order valence-corrected chi connectivity index (χ0v) is 15.1. The van der Waals surface area contributed by atoms with Crippen LogP contribution in [0.25, 0.3) is 0 Å².